The third-order valence-electron chi connectivity index (χ3n) is 1.83. The highest BCUT2D eigenvalue weighted by atomic mass is 32.1. The second kappa shape index (κ2) is 5.98. The molecule has 0 radical (unpaired) electrons. The lowest BCUT2D eigenvalue weighted by molar-refractivity contribution is 0.315. The van der Waals surface area contributed by atoms with Gasteiger partial charge in [0.25, 0.3) is 0 Å². The van der Waals surface area contributed by atoms with Crippen molar-refractivity contribution in [1.82, 2.24) is 0 Å². The first-order chi connectivity index (χ1) is 7.27. The van der Waals surface area contributed by atoms with Crippen molar-refractivity contribution in [3.63, 3.8) is 0 Å². The van der Waals surface area contributed by atoms with Gasteiger partial charge >= 0.3 is 0 Å². The Bertz CT molecular complexity index is 369. The summed E-state index contributed by atoms with van der Waals surface area (Å²) in [5.74, 6) is -0.226. The summed E-state index contributed by atoms with van der Waals surface area (Å²) in [6.45, 7) is 1.77. The number of hydrogen-bond donors (Lipinski definition) is 2. The van der Waals surface area contributed by atoms with Gasteiger partial charge in [0.05, 0.1) is 11.9 Å². The Labute approximate surface area is 91.9 Å². The fraction of sp³-hybridized carbons (Fsp3) is 0.200. The van der Waals surface area contributed by atoms with Gasteiger partial charge in [0.1, 0.15) is 0 Å². The molecule has 1 rings (SSSR count). The fourth-order valence-electron chi connectivity index (χ4n) is 1.01. The highest BCUT2D eigenvalue weighted by Gasteiger charge is 2.05. The Morgan fingerprint density at radius 1 is 1.53 bits per heavy atom. The number of allylic oxidation sites excluding steroid dienone is 1. The topological polar surface area (TPSA) is 65.2 Å². The van der Waals surface area contributed by atoms with E-state index in [1.165, 1.54) is 6.21 Å². The molecule has 4 nitrogen and oxygen atoms in total. The molecule has 0 aliphatic rings. The lowest BCUT2D eigenvalue weighted by atomic mass is 10.1. The van der Waals surface area contributed by atoms with Crippen molar-refractivity contribution in [1.29, 1.82) is 0 Å². The zero-order valence-corrected chi connectivity index (χ0v) is 9.06. The molecule has 0 bridgehead atoms. The average molecular weight is 224 g/mol. The number of rotatable bonds is 4. The first kappa shape index (κ1) is 11.5. The molecule has 80 valence electrons. The molecule has 2 N–H and O–H groups in total. The minimum Gasteiger partial charge on any atom is -0.411 e. The summed E-state index contributed by atoms with van der Waals surface area (Å²) in [7, 11) is 0. The van der Waals surface area contributed by atoms with Crippen LogP contribution in [0.2, 0.25) is 0 Å². The van der Waals surface area contributed by atoms with Gasteiger partial charge in [-0.25, -0.2) is 0 Å². The van der Waals surface area contributed by atoms with E-state index in [0.29, 0.717) is 5.71 Å². The largest absolute Gasteiger partial charge is 0.411 e. The minimum absolute atomic E-state index is 0.226. The second-order valence-electron chi connectivity index (χ2n) is 2.93. The quantitative estimate of drug-likeness (QED) is 0.469. The van der Waals surface area contributed by atoms with E-state index in [2.05, 4.69) is 10.3 Å². The Hall–Kier alpha value is -1.62. The van der Waals surface area contributed by atoms with Gasteiger partial charge in [-0.3, -0.25) is 0 Å². The van der Waals surface area contributed by atoms with Crippen LogP contribution in [0.25, 0.3) is 6.08 Å². The van der Waals surface area contributed by atoms with Crippen LogP contribution in [0.3, 0.4) is 0 Å². The second-order valence-corrected chi connectivity index (χ2v) is 3.91. The third-order valence-corrected chi connectivity index (χ3v) is 2.67. The average Bonchev–Trinajstić information content (AvgIpc) is 2.72. The van der Waals surface area contributed by atoms with Crippen LogP contribution in [0.4, 0.5) is 0 Å². The number of nitrogens with zero attached hydrogens (tertiary/aromatic N) is 2. The van der Waals surface area contributed by atoms with Gasteiger partial charge in [0, 0.05) is 10.8 Å². The monoisotopic (exact) mass is 224 g/mol. The minimum atomic E-state index is -0.226. The first-order valence-electron chi connectivity index (χ1n) is 4.39. The number of thiophene rings is 1. The van der Waals surface area contributed by atoms with Gasteiger partial charge in [-0.1, -0.05) is 18.1 Å². The van der Waals surface area contributed by atoms with Crippen LogP contribution in [0.15, 0.2) is 33.9 Å². The van der Waals surface area contributed by atoms with Crippen LogP contribution in [0.5, 0.6) is 0 Å². The molecule has 0 aliphatic carbocycles. The normalized spacial score (nSPS) is 15.1. The maximum Gasteiger partial charge on any atom is 0.0878 e. The van der Waals surface area contributed by atoms with Crippen molar-refractivity contribution >= 4 is 29.3 Å². The van der Waals surface area contributed by atoms with Crippen molar-refractivity contribution in [3.05, 3.63) is 28.5 Å². The van der Waals surface area contributed by atoms with E-state index in [9.17, 15) is 0 Å². The lowest BCUT2D eigenvalue weighted by Crippen LogP contribution is -2.09. The molecule has 15 heavy (non-hydrogen) atoms. The van der Waals surface area contributed by atoms with E-state index in [1.807, 2.05) is 23.6 Å². The van der Waals surface area contributed by atoms with E-state index in [4.69, 9.17) is 10.4 Å². The van der Waals surface area contributed by atoms with Gasteiger partial charge < -0.3 is 10.4 Å². The Balaban J connectivity index is 2.70. The van der Waals surface area contributed by atoms with Crippen LogP contribution in [-0.4, -0.2) is 22.3 Å². The Kier molecular flexibility index (Phi) is 4.56. The first-order valence-corrected chi connectivity index (χ1v) is 5.27. The zero-order valence-electron chi connectivity index (χ0n) is 8.24. The summed E-state index contributed by atoms with van der Waals surface area (Å²) < 4.78 is 0. The third kappa shape index (κ3) is 3.55. The predicted octanol–water partition coefficient (Wildman–Crippen LogP) is 2.69. The van der Waals surface area contributed by atoms with Crippen molar-refractivity contribution < 1.29 is 10.4 Å². The maximum absolute atomic E-state index is 8.75. The van der Waals surface area contributed by atoms with Gasteiger partial charge in [-0.15, -0.1) is 16.5 Å². The van der Waals surface area contributed by atoms with Crippen LogP contribution >= 0.6 is 11.3 Å². The molecule has 0 saturated heterocycles. The molecule has 1 unspecified atom stereocenters. The van der Waals surface area contributed by atoms with Crippen LogP contribution in [-0.2, 0) is 0 Å². The van der Waals surface area contributed by atoms with Crippen LogP contribution < -0.4 is 0 Å². The number of hydrogen-bond acceptors (Lipinski definition) is 5. The summed E-state index contributed by atoms with van der Waals surface area (Å²) in [5.41, 5.74) is 0.446. The Morgan fingerprint density at radius 2 is 2.33 bits per heavy atom. The van der Waals surface area contributed by atoms with Crippen LogP contribution in [0, 0.1) is 5.92 Å². The standard InChI is InChI=1S/C10H12N2O2S/c1-8(7-11-13)10(12-14)5-4-9-3-2-6-15-9/h2-8,13-14H,1H3. The molecule has 0 fully saturated rings. The summed E-state index contributed by atoms with van der Waals surface area (Å²) in [6.07, 6.45) is 4.84. The lowest BCUT2D eigenvalue weighted by Gasteiger charge is -2.01. The summed E-state index contributed by atoms with van der Waals surface area (Å²) in [5, 5.41) is 25.1. The molecule has 1 heterocycles. The Morgan fingerprint density at radius 3 is 2.87 bits per heavy atom. The predicted molar refractivity (Wildman–Crippen MR) is 62.0 cm³/mol. The summed E-state index contributed by atoms with van der Waals surface area (Å²) in [4.78, 5) is 1.07. The van der Waals surface area contributed by atoms with E-state index >= 15 is 0 Å². The highest BCUT2D eigenvalue weighted by Crippen LogP contribution is 2.11. The molecule has 1 atom stereocenters. The molecule has 0 aromatic carbocycles. The van der Waals surface area contributed by atoms with Crippen LogP contribution in [0.1, 0.15) is 11.8 Å². The smallest absolute Gasteiger partial charge is 0.0878 e. The van der Waals surface area contributed by atoms with Crippen molar-refractivity contribution in [2.24, 2.45) is 16.2 Å². The summed E-state index contributed by atoms with van der Waals surface area (Å²) in [6, 6.07) is 3.90. The molecule has 0 amide bonds. The highest BCUT2D eigenvalue weighted by molar-refractivity contribution is 7.10. The molecule has 1 aromatic rings. The number of oxime groups is 2. The van der Waals surface area contributed by atoms with Gasteiger partial charge in [-0.2, -0.15) is 0 Å². The molecular formula is C10H12N2O2S. The molecule has 5 heteroatoms. The molecule has 0 aliphatic heterocycles. The van der Waals surface area contributed by atoms with E-state index < -0.39 is 0 Å². The van der Waals surface area contributed by atoms with Gasteiger partial charge in [-0.05, 0) is 23.6 Å². The van der Waals surface area contributed by atoms with E-state index in [-0.39, 0.29) is 5.92 Å². The SMILES string of the molecule is CC(C=NO)C(C=Cc1cccs1)=NO. The van der Waals surface area contributed by atoms with Crippen molar-refractivity contribution in [2.45, 2.75) is 6.92 Å². The van der Waals surface area contributed by atoms with Crippen molar-refractivity contribution in [3.8, 4) is 0 Å². The zero-order chi connectivity index (χ0) is 11.1. The molecule has 0 saturated carbocycles. The maximum atomic E-state index is 8.75. The molecule has 0 spiro atoms. The summed E-state index contributed by atoms with van der Waals surface area (Å²) >= 11 is 1.59. The molecular weight excluding hydrogens is 212 g/mol. The van der Waals surface area contributed by atoms with Gasteiger partial charge in [0.2, 0.25) is 0 Å². The van der Waals surface area contributed by atoms with E-state index in [1.54, 1.807) is 24.3 Å². The van der Waals surface area contributed by atoms with Crippen molar-refractivity contribution in [2.75, 3.05) is 0 Å². The van der Waals surface area contributed by atoms with E-state index in [0.717, 1.165) is 4.88 Å². The molecule has 1 aromatic heterocycles. The fourth-order valence-corrected chi connectivity index (χ4v) is 1.62. The van der Waals surface area contributed by atoms with Gasteiger partial charge in [0.15, 0.2) is 0 Å².